The number of benzene rings is 1. The van der Waals surface area contributed by atoms with Crippen molar-refractivity contribution in [3.63, 3.8) is 0 Å². The van der Waals surface area contributed by atoms with E-state index >= 15 is 0 Å². The first-order chi connectivity index (χ1) is 9.94. The number of carbonyl (C=O) groups excluding carboxylic acids is 2. The fraction of sp³-hybridized carbons (Fsp3) is 0.467. The Balaban J connectivity index is 2.88. The molecule has 5 nitrogen and oxygen atoms in total. The number of carbonyl (C=O) groups is 2. The summed E-state index contributed by atoms with van der Waals surface area (Å²) in [5.41, 5.74) is 0.104. The van der Waals surface area contributed by atoms with Crippen LogP contribution in [0.5, 0.6) is 5.75 Å². The molecular formula is C15H21FN2O3. The molecular weight excluding hydrogens is 275 g/mol. The molecule has 2 amide bonds. The van der Waals surface area contributed by atoms with Crippen molar-refractivity contribution in [2.45, 2.75) is 13.8 Å². The van der Waals surface area contributed by atoms with Crippen molar-refractivity contribution in [1.82, 2.24) is 9.80 Å². The van der Waals surface area contributed by atoms with Gasteiger partial charge in [0.1, 0.15) is 11.6 Å². The molecule has 0 unspecified atom stereocenters. The molecule has 0 radical (unpaired) electrons. The Bertz CT molecular complexity index is 516. The maximum absolute atomic E-state index is 13.3. The van der Waals surface area contributed by atoms with Crippen molar-refractivity contribution in [1.29, 1.82) is 0 Å². The fourth-order valence-corrected chi connectivity index (χ4v) is 2.00. The smallest absolute Gasteiger partial charge is 0.257 e. The molecule has 0 aliphatic carbocycles. The van der Waals surface area contributed by atoms with Crippen LogP contribution in [0.4, 0.5) is 4.39 Å². The SMILES string of the molecule is CCN(CC)C(=O)CN(C)C(=O)c1cc(F)ccc1OC. The van der Waals surface area contributed by atoms with Crippen LogP contribution in [0, 0.1) is 5.82 Å². The molecule has 0 spiro atoms. The van der Waals surface area contributed by atoms with Crippen LogP contribution < -0.4 is 4.74 Å². The first-order valence-corrected chi connectivity index (χ1v) is 6.81. The average molecular weight is 296 g/mol. The van der Waals surface area contributed by atoms with E-state index < -0.39 is 11.7 Å². The van der Waals surface area contributed by atoms with Gasteiger partial charge in [-0.15, -0.1) is 0 Å². The minimum atomic E-state index is -0.525. The molecule has 0 atom stereocenters. The van der Waals surface area contributed by atoms with Crippen LogP contribution in [0.3, 0.4) is 0 Å². The summed E-state index contributed by atoms with van der Waals surface area (Å²) in [4.78, 5) is 27.2. The Kier molecular flexibility index (Phi) is 6.14. The van der Waals surface area contributed by atoms with E-state index in [1.807, 2.05) is 13.8 Å². The predicted octanol–water partition coefficient (Wildman–Crippen LogP) is 1.77. The van der Waals surface area contributed by atoms with Crippen molar-refractivity contribution in [3.8, 4) is 5.75 Å². The van der Waals surface area contributed by atoms with Crippen molar-refractivity contribution in [3.05, 3.63) is 29.6 Å². The van der Waals surface area contributed by atoms with Crippen LogP contribution in [0.1, 0.15) is 24.2 Å². The molecule has 0 heterocycles. The summed E-state index contributed by atoms with van der Waals surface area (Å²) in [5.74, 6) is -0.843. The molecule has 21 heavy (non-hydrogen) atoms. The number of methoxy groups -OCH3 is 1. The summed E-state index contributed by atoms with van der Waals surface area (Å²) >= 11 is 0. The van der Waals surface area contributed by atoms with Gasteiger partial charge in [0.05, 0.1) is 19.2 Å². The van der Waals surface area contributed by atoms with E-state index in [-0.39, 0.29) is 23.8 Å². The van der Waals surface area contributed by atoms with Crippen LogP contribution in [0.15, 0.2) is 18.2 Å². The number of hydrogen-bond acceptors (Lipinski definition) is 3. The minimum Gasteiger partial charge on any atom is -0.496 e. The highest BCUT2D eigenvalue weighted by Gasteiger charge is 2.21. The third kappa shape index (κ3) is 4.18. The van der Waals surface area contributed by atoms with Crippen molar-refractivity contribution in [2.24, 2.45) is 0 Å². The van der Waals surface area contributed by atoms with Crippen molar-refractivity contribution in [2.75, 3.05) is 33.8 Å². The molecule has 1 aromatic rings. The average Bonchev–Trinajstić information content (AvgIpc) is 2.47. The van der Waals surface area contributed by atoms with Crippen LogP contribution in [-0.2, 0) is 4.79 Å². The zero-order valence-electron chi connectivity index (χ0n) is 12.9. The van der Waals surface area contributed by atoms with E-state index in [0.717, 1.165) is 6.07 Å². The summed E-state index contributed by atoms with van der Waals surface area (Å²) in [6, 6.07) is 3.72. The van der Waals surface area contributed by atoms with Gasteiger partial charge in [-0.2, -0.15) is 0 Å². The maximum atomic E-state index is 13.3. The van der Waals surface area contributed by atoms with Gasteiger partial charge in [-0.3, -0.25) is 9.59 Å². The van der Waals surface area contributed by atoms with Crippen LogP contribution in [0.2, 0.25) is 0 Å². The molecule has 0 fully saturated rings. The number of ether oxygens (including phenoxy) is 1. The van der Waals surface area contributed by atoms with Gasteiger partial charge in [-0.1, -0.05) is 0 Å². The highest BCUT2D eigenvalue weighted by atomic mass is 19.1. The van der Waals surface area contributed by atoms with Crippen LogP contribution in [-0.4, -0.2) is 55.4 Å². The Morgan fingerprint density at radius 3 is 2.38 bits per heavy atom. The van der Waals surface area contributed by atoms with Gasteiger partial charge < -0.3 is 14.5 Å². The number of halogens is 1. The van der Waals surface area contributed by atoms with Gasteiger partial charge in [-0.25, -0.2) is 4.39 Å². The zero-order valence-corrected chi connectivity index (χ0v) is 12.9. The van der Waals surface area contributed by atoms with E-state index in [1.54, 1.807) is 4.90 Å². The van der Waals surface area contributed by atoms with Crippen LogP contribution in [0.25, 0.3) is 0 Å². The summed E-state index contributed by atoms with van der Waals surface area (Å²) in [7, 11) is 2.92. The lowest BCUT2D eigenvalue weighted by Crippen LogP contribution is -2.41. The molecule has 6 heteroatoms. The van der Waals surface area contributed by atoms with Crippen molar-refractivity contribution >= 4 is 11.8 Å². The third-order valence-corrected chi connectivity index (χ3v) is 3.23. The third-order valence-electron chi connectivity index (χ3n) is 3.23. The largest absolute Gasteiger partial charge is 0.496 e. The zero-order chi connectivity index (χ0) is 16.0. The standard InChI is InChI=1S/C15H21FN2O3/c1-5-18(6-2)14(19)10-17(3)15(20)12-9-11(16)7-8-13(12)21-4/h7-9H,5-6,10H2,1-4H3. The van der Waals surface area contributed by atoms with Crippen LogP contribution >= 0.6 is 0 Å². The van der Waals surface area contributed by atoms with Gasteiger partial charge in [0.2, 0.25) is 5.91 Å². The molecule has 0 saturated carbocycles. The molecule has 1 aromatic carbocycles. The quantitative estimate of drug-likeness (QED) is 0.804. The molecule has 0 N–H and O–H groups in total. The second-order valence-corrected chi connectivity index (χ2v) is 4.57. The number of amides is 2. The molecule has 0 saturated heterocycles. The highest BCUT2D eigenvalue weighted by molar-refractivity contribution is 5.98. The summed E-state index contributed by atoms with van der Waals surface area (Å²) in [6.45, 7) is 4.86. The lowest BCUT2D eigenvalue weighted by Gasteiger charge is -2.23. The molecule has 1 rings (SSSR count). The Morgan fingerprint density at radius 2 is 1.86 bits per heavy atom. The molecule has 0 bridgehead atoms. The molecule has 0 aliphatic heterocycles. The Morgan fingerprint density at radius 1 is 1.24 bits per heavy atom. The summed E-state index contributed by atoms with van der Waals surface area (Å²) in [6.07, 6.45) is 0. The fourth-order valence-electron chi connectivity index (χ4n) is 2.00. The lowest BCUT2D eigenvalue weighted by atomic mass is 10.1. The maximum Gasteiger partial charge on any atom is 0.257 e. The Labute approximate surface area is 124 Å². The first-order valence-electron chi connectivity index (χ1n) is 6.81. The van der Waals surface area contributed by atoms with E-state index in [1.165, 1.54) is 31.2 Å². The normalized spacial score (nSPS) is 10.1. The number of hydrogen-bond donors (Lipinski definition) is 0. The summed E-state index contributed by atoms with van der Waals surface area (Å²) in [5, 5.41) is 0. The lowest BCUT2D eigenvalue weighted by molar-refractivity contribution is -0.131. The highest BCUT2D eigenvalue weighted by Crippen LogP contribution is 2.20. The minimum absolute atomic E-state index is 0.0554. The van der Waals surface area contributed by atoms with E-state index in [0.29, 0.717) is 13.1 Å². The number of nitrogens with zero attached hydrogens (tertiary/aromatic N) is 2. The number of rotatable bonds is 6. The second-order valence-electron chi connectivity index (χ2n) is 4.57. The Hall–Kier alpha value is -2.11. The number of likely N-dealkylation sites (N-methyl/N-ethyl adjacent to an activating group) is 2. The molecule has 0 aliphatic rings. The van der Waals surface area contributed by atoms with E-state index in [4.69, 9.17) is 4.74 Å². The van der Waals surface area contributed by atoms with Gasteiger partial charge in [-0.05, 0) is 32.0 Å². The summed E-state index contributed by atoms with van der Waals surface area (Å²) < 4.78 is 18.4. The van der Waals surface area contributed by atoms with E-state index in [9.17, 15) is 14.0 Å². The van der Waals surface area contributed by atoms with Gasteiger partial charge in [0, 0.05) is 20.1 Å². The van der Waals surface area contributed by atoms with Gasteiger partial charge >= 0.3 is 0 Å². The van der Waals surface area contributed by atoms with Crippen molar-refractivity contribution < 1.29 is 18.7 Å². The van der Waals surface area contributed by atoms with Gasteiger partial charge in [0.25, 0.3) is 5.91 Å². The first kappa shape index (κ1) is 16.9. The molecule has 0 aromatic heterocycles. The molecule has 116 valence electrons. The predicted molar refractivity (Wildman–Crippen MR) is 77.8 cm³/mol. The topological polar surface area (TPSA) is 49.9 Å². The van der Waals surface area contributed by atoms with E-state index in [2.05, 4.69) is 0 Å². The monoisotopic (exact) mass is 296 g/mol. The van der Waals surface area contributed by atoms with Gasteiger partial charge in [0.15, 0.2) is 0 Å². The second kappa shape index (κ2) is 7.61.